The van der Waals surface area contributed by atoms with Crippen LogP contribution < -0.4 is 9.64 Å². The van der Waals surface area contributed by atoms with E-state index in [0.29, 0.717) is 12.5 Å². The average Bonchev–Trinajstić information content (AvgIpc) is 3.14. The number of rotatable bonds is 4. The molecule has 1 atom stereocenters. The molecule has 0 bridgehead atoms. The summed E-state index contributed by atoms with van der Waals surface area (Å²) in [6, 6.07) is 8.51. The number of fused-ring (bicyclic) bond motifs is 1. The van der Waals surface area contributed by atoms with Crippen LogP contribution >= 0.6 is 0 Å². The van der Waals surface area contributed by atoms with Crippen LogP contribution in [-0.4, -0.2) is 50.6 Å². The minimum Gasteiger partial charge on any atom is -0.474 e. The van der Waals surface area contributed by atoms with Crippen molar-refractivity contribution in [3.05, 3.63) is 30.5 Å². The summed E-state index contributed by atoms with van der Waals surface area (Å²) in [5.74, 6) is 0.702. The van der Waals surface area contributed by atoms with Crippen LogP contribution in [0.1, 0.15) is 12.8 Å². The van der Waals surface area contributed by atoms with E-state index in [1.54, 1.807) is 0 Å². The fourth-order valence-electron chi connectivity index (χ4n) is 3.21. The number of nitrogens with zero attached hydrogens (tertiary/aromatic N) is 2. The highest BCUT2D eigenvalue weighted by Gasteiger charge is 2.17. The SMILES string of the molecule is c1cc2ccc(N3CCOCC3)cc2c(OCC2CCCO2)n1. The number of anilines is 1. The molecular formula is C18H22N2O3. The zero-order chi connectivity index (χ0) is 15.5. The Morgan fingerprint density at radius 2 is 2.09 bits per heavy atom. The van der Waals surface area contributed by atoms with Gasteiger partial charge in [0.25, 0.3) is 0 Å². The van der Waals surface area contributed by atoms with E-state index >= 15 is 0 Å². The van der Waals surface area contributed by atoms with Crippen LogP contribution in [-0.2, 0) is 9.47 Å². The maximum Gasteiger partial charge on any atom is 0.221 e. The van der Waals surface area contributed by atoms with Crippen molar-refractivity contribution in [1.29, 1.82) is 0 Å². The van der Waals surface area contributed by atoms with E-state index in [9.17, 15) is 0 Å². The molecule has 1 aromatic carbocycles. The first-order valence-electron chi connectivity index (χ1n) is 8.36. The minimum atomic E-state index is 0.203. The quantitative estimate of drug-likeness (QED) is 0.868. The van der Waals surface area contributed by atoms with Crippen molar-refractivity contribution in [2.75, 3.05) is 44.4 Å². The van der Waals surface area contributed by atoms with Crippen molar-refractivity contribution in [3.63, 3.8) is 0 Å². The van der Waals surface area contributed by atoms with Gasteiger partial charge in [0, 0.05) is 37.0 Å². The summed E-state index contributed by atoms with van der Waals surface area (Å²) in [5, 5.41) is 2.22. The van der Waals surface area contributed by atoms with Crippen molar-refractivity contribution >= 4 is 16.5 Å². The number of morpholine rings is 1. The maximum atomic E-state index is 5.97. The monoisotopic (exact) mass is 314 g/mol. The van der Waals surface area contributed by atoms with E-state index in [2.05, 4.69) is 28.1 Å². The second kappa shape index (κ2) is 6.72. The second-order valence-electron chi connectivity index (χ2n) is 6.07. The Morgan fingerprint density at radius 3 is 2.91 bits per heavy atom. The Labute approximate surface area is 136 Å². The largest absolute Gasteiger partial charge is 0.474 e. The van der Waals surface area contributed by atoms with Crippen LogP contribution in [0.4, 0.5) is 5.69 Å². The summed E-state index contributed by atoms with van der Waals surface area (Å²) in [7, 11) is 0. The fraction of sp³-hybridized carbons (Fsp3) is 0.500. The van der Waals surface area contributed by atoms with E-state index in [1.807, 2.05) is 12.3 Å². The molecule has 2 aliphatic rings. The molecule has 4 rings (SSSR count). The number of pyridine rings is 1. The number of benzene rings is 1. The van der Waals surface area contributed by atoms with Crippen LogP contribution in [0.25, 0.3) is 10.8 Å². The predicted molar refractivity (Wildman–Crippen MR) is 89.2 cm³/mol. The zero-order valence-corrected chi connectivity index (χ0v) is 13.2. The van der Waals surface area contributed by atoms with Crippen LogP contribution in [0.15, 0.2) is 30.5 Å². The van der Waals surface area contributed by atoms with Gasteiger partial charge in [0.2, 0.25) is 5.88 Å². The third-order valence-corrected chi connectivity index (χ3v) is 4.52. The topological polar surface area (TPSA) is 43.8 Å². The molecule has 1 aromatic heterocycles. The Hall–Kier alpha value is -1.85. The first-order chi connectivity index (χ1) is 11.4. The number of hydrogen-bond donors (Lipinski definition) is 0. The summed E-state index contributed by atoms with van der Waals surface area (Å²) >= 11 is 0. The van der Waals surface area contributed by atoms with Gasteiger partial charge < -0.3 is 19.1 Å². The van der Waals surface area contributed by atoms with E-state index in [0.717, 1.165) is 56.5 Å². The molecule has 23 heavy (non-hydrogen) atoms. The summed E-state index contributed by atoms with van der Waals surface area (Å²) in [4.78, 5) is 6.78. The maximum absolute atomic E-state index is 5.97. The molecular weight excluding hydrogens is 292 g/mol. The molecule has 1 unspecified atom stereocenters. The van der Waals surface area contributed by atoms with Gasteiger partial charge in [-0.1, -0.05) is 6.07 Å². The fourth-order valence-corrected chi connectivity index (χ4v) is 3.21. The third-order valence-electron chi connectivity index (χ3n) is 4.52. The average molecular weight is 314 g/mol. The van der Waals surface area contributed by atoms with Crippen molar-refractivity contribution in [3.8, 4) is 5.88 Å². The minimum absolute atomic E-state index is 0.203. The molecule has 2 aromatic rings. The van der Waals surface area contributed by atoms with Gasteiger partial charge in [0.05, 0.1) is 19.3 Å². The smallest absolute Gasteiger partial charge is 0.221 e. The lowest BCUT2D eigenvalue weighted by Gasteiger charge is -2.29. The molecule has 0 spiro atoms. The molecule has 2 fully saturated rings. The molecule has 0 saturated carbocycles. The van der Waals surface area contributed by atoms with E-state index in [1.165, 1.54) is 5.69 Å². The summed E-state index contributed by atoms with van der Waals surface area (Å²) in [5.41, 5.74) is 1.20. The van der Waals surface area contributed by atoms with Gasteiger partial charge in [-0.2, -0.15) is 0 Å². The summed E-state index contributed by atoms with van der Waals surface area (Å²) in [6.07, 6.45) is 4.21. The van der Waals surface area contributed by atoms with Crippen molar-refractivity contribution in [2.24, 2.45) is 0 Å². The van der Waals surface area contributed by atoms with Crippen molar-refractivity contribution in [2.45, 2.75) is 18.9 Å². The molecule has 2 aliphatic heterocycles. The molecule has 5 nitrogen and oxygen atoms in total. The standard InChI is InChI=1S/C18H22N2O3/c1-2-16(22-9-1)13-23-18-17-12-15(20-7-10-21-11-8-20)4-3-14(17)5-6-19-18/h3-6,12,16H,1-2,7-11,13H2. The first-order valence-corrected chi connectivity index (χ1v) is 8.36. The van der Waals surface area contributed by atoms with Crippen molar-refractivity contribution in [1.82, 2.24) is 4.98 Å². The van der Waals surface area contributed by atoms with Gasteiger partial charge in [-0.25, -0.2) is 4.98 Å². The van der Waals surface area contributed by atoms with Crippen LogP contribution in [0.2, 0.25) is 0 Å². The lowest BCUT2D eigenvalue weighted by atomic mass is 10.1. The highest BCUT2D eigenvalue weighted by atomic mass is 16.5. The lowest BCUT2D eigenvalue weighted by Crippen LogP contribution is -2.36. The van der Waals surface area contributed by atoms with E-state index < -0.39 is 0 Å². The van der Waals surface area contributed by atoms with Crippen LogP contribution in [0, 0.1) is 0 Å². The van der Waals surface area contributed by atoms with E-state index in [4.69, 9.17) is 14.2 Å². The van der Waals surface area contributed by atoms with Gasteiger partial charge in [0.1, 0.15) is 6.61 Å². The van der Waals surface area contributed by atoms with Gasteiger partial charge in [-0.3, -0.25) is 0 Å². The van der Waals surface area contributed by atoms with Gasteiger partial charge in [-0.05, 0) is 36.4 Å². The number of ether oxygens (including phenoxy) is 3. The Morgan fingerprint density at radius 1 is 1.17 bits per heavy atom. The molecule has 0 radical (unpaired) electrons. The van der Waals surface area contributed by atoms with Crippen LogP contribution in [0.5, 0.6) is 5.88 Å². The Bertz CT molecular complexity index is 664. The molecule has 3 heterocycles. The van der Waals surface area contributed by atoms with Crippen LogP contribution in [0.3, 0.4) is 0 Å². The molecule has 122 valence electrons. The molecule has 5 heteroatoms. The molecule has 0 N–H and O–H groups in total. The first kappa shape index (κ1) is 14.7. The summed E-state index contributed by atoms with van der Waals surface area (Å²) in [6.45, 7) is 4.85. The normalized spacial score (nSPS) is 21.7. The molecule has 2 saturated heterocycles. The van der Waals surface area contributed by atoms with Gasteiger partial charge >= 0.3 is 0 Å². The Balaban J connectivity index is 1.58. The van der Waals surface area contributed by atoms with Gasteiger partial charge in [-0.15, -0.1) is 0 Å². The number of aromatic nitrogens is 1. The molecule has 0 amide bonds. The number of hydrogen-bond acceptors (Lipinski definition) is 5. The van der Waals surface area contributed by atoms with Gasteiger partial charge in [0.15, 0.2) is 0 Å². The molecule has 0 aliphatic carbocycles. The predicted octanol–water partition coefficient (Wildman–Crippen LogP) is 2.63. The zero-order valence-electron chi connectivity index (χ0n) is 13.2. The highest BCUT2D eigenvalue weighted by Crippen LogP contribution is 2.29. The summed E-state index contributed by atoms with van der Waals surface area (Å²) < 4.78 is 17.0. The van der Waals surface area contributed by atoms with E-state index in [-0.39, 0.29) is 6.10 Å². The third kappa shape index (κ3) is 3.26. The lowest BCUT2D eigenvalue weighted by molar-refractivity contribution is 0.0669. The second-order valence-corrected chi connectivity index (χ2v) is 6.07. The van der Waals surface area contributed by atoms with Crippen molar-refractivity contribution < 1.29 is 14.2 Å². The Kier molecular flexibility index (Phi) is 4.30. The highest BCUT2D eigenvalue weighted by molar-refractivity contribution is 5.89.